The molecule has 0 amide bonds. The van der Waals surface area contributed by atoms with Gasteiger partial charge in [0.2, 0.25) is 0 Å². The summed E-state index contributed by atoms with van der Waals surface area (Å²) in [5.74, 6) is 0. The number of aromatic nitrogens is 1. The van der Waals surface area contributed by atoms with E-state index in [2.05, 4.69) is 177 Å². The fourth-order valence-corrected chi connectivity index (χ4v) is 8.14. The van der Waals surface area contributed by atoms with Crippen molar-refractivity contribution in [3.8, 4) is 66.9 Å². The quantitative estimate of drug-likeness (QED) is 0.191. The van der Waals surface area contributed by atoms with Gasteiger partial charge in [0.15, 0.2) is 0 Å². The van der Waals surface area contributed by atoms with Gasteiger partial charge in [0.25, 0.3) is 0 Å². The SMILES string of the molecule is Cc1ccc2cc(-c3ccccc3)c(-c3ccc4c5c(cccc35)-c3c-4c(-c4ccccc4)c4ccccc4c3-c3ccccc3)nc2c1. The Kier molecular flexibility index (Phi) is 6.16. The maximum atomic E-state index is 5.44. The highest BCUT2D eigenvalue weighted by Crippen LogP contribution is 2.58. The van der Waals surface area contributed by atoms with Gasteiger partial charge in [-0.05, 0) is 96.2 Å². The number of benzene rings is 8. The molecule has 1 aliphatic rings. The fraction of sp³-hybridized carbons (Fsp3) is 0.0208. The van der Waals surface area contributed by atoms with E-state index in [0.717, 1.165) is 27.7 Å². The van der Waals surface area contributed by atoms with E-state index in [1.54, 1.807) is 0 Å². The lowest BCUT2D eigenvalue weighted by Crippen LogP contribution is -1.94. The standard InChI is InChI=1S/C48H31N/c1-30-24-25-34-29-41(31-14-5-2-6-15-31)48(49-42(34)28-30)38-26-27-40-45-37(38)22-13-23-39(45)46-43(32-16-7-3-8-17-32)35-20-11-12-21-36(35)44(47(40)46)33-18-9-4-10-19-33/h2-29H,1H3. The Bertz CT molecular complexity index is 2650. The minimum absolute atomic E-state index is 1.01. The summed E-state index contributed by atoms with van der Waals surface area (Å²) in [5, 5.41) is 6.22. The average Bonchev–Trinajstić information content (AvgIpc) is 3.49. The summed E-state index contributed by atoms with van der Waals surface area (Å²) in [5.41, 5.74) is 17.0. The number of pyridine rings is 1. The van der Waals surface area contributed by atoms with E-state index >= 15 is 0 Å². The van der Waals surface area contributed by atoms with Crippen molar-refractivity contribution in [3.63, 3.8) is 0 Å². The van der Waals surface area contributed by atoms with Gasteiger partial charge in [-0.15, -0.1) is 0 Å². The highest BCUT2D eigenvalue weighted by molar-refractivity contribution is 6.29. The molecule has 0 N–H and O–H groups in total. The van der Waals surface area contributed by atoms with Crippen LogP contribution in [0.4, 0.5) is 0 Å². The van der Waals surface area contributed by atoms with Crippen LogP contribution >= 0.6 is 0 Å². The lowest BCUT2D eigenvalue weighted by atomic mass is 9.82. The van der Waals surface area contributed by atoms with Crippen LogP contribution in [-0.4, -0.2) is 4.98 Å². The van der Waals surface area contributed by atoms with Gasteiger partial charge in [-0.3, -0.25) is 0 Å². The van der Waals surface area contributed by atoms with E-state index in [1.807, 2.05) is 0 Å². The van der Waals surface area contributed by atoms with Crippen LogP contribution < -0.4 is 0 Å². The van der Waals surface area contributed by atoms with Gasteiger partial charge in [0.05, 0.1) is 11.2 Å². The van der Waals surface area contributed by atoms with Gasteiger partial charge in [0.1, 0.15) is 0 Å². The highest BCUT2D eigenvalue weighted by Gasteiger charge is 2.31. The molecule has 0 aliphatic heterocycles. The smallest absolute Gasteiger partial charge is 0.0794 e. The molecule has 1 nitrogen and oxygen atoms in total. The molecule has 0 atom stereocenters. The van der Waals surface area contributed by atoms with E-state index in [1.165, 1.54) is 77.2 Å². The third-order valence-electron chi connectivity index (χ3n) is 10.2. The Morgan fingerprint density at radius 3 is 1.53 bits per heavy atom. The van der Waals surface area contributed by atoms with Crippen LogP contribution in [0.3, 0.4) is 0 Å². The molecule has 10 rings (SSSR count). The maximum absolute atomic E-state index is 5.44. The molecule has 0 radical (unpaired) electrons. The predicted octanol–water partition coefficient (Wildman–Crippen LogP) is 13.2. The van der Waals surface area contributed by atoms with E-state index in [0.29, 0.717) is 0 Å². The first-order valence-corrected chi connectivity index (χ1v) is 17.0. The number of rotatable bonds is 4. The maximum Gasteiger partial charge on any atom is 0.0794 e. The van der Waals surface area contributed by atoms with Crippen molar-refractivity contribution in [1.82, 2.24) is 4.98 Å². The number of hydrogen-bond acceptors (Lipinski definition) is 1. The van der Waals surface area contributed by atoms with Crippen LogP contribution in [0.1, 0.15) is 5.56 Å². The highest BCUT2D eigenvalue weighted by atomic mass is 14.7. The zero-order valence-electron chi connectivity index (χ0n) is 27.1. The van der Waals surface area contributed by atoms with Crippen LogP contribution in [0.2, 0.25) is 0 Å². The van der Waals surface area contributed by atoms with Gasteiger partial charge < -0.3 is 0 Å². The number of fused-ring (bicyclic) bond motifs is 5. The molecule has 0 bridgehead atoms. The second kappa shape index (κ2) is 10.9. The Hall–Kier alpha value is -6.31. The monoisotopic (exact) mass is 621 g/mol. The Morgan fingerprint density at radius 2 is 0.898 bits per heavy atom. The van der Waals surface area contributed by atoms with Crippen LogP contribution in [0, 0.1) is 6.92 Å². The third-order valence-corrected chi connectivity index (χ3v) is 10.2. The van der Waals surface area contributed by atoms with Crippen molar-refractivity contribution >= 4 is 32.4 Å². The topological polar surface area (TPSA) is 12.9 Å². The molecule has 9 aromatic rings. The molecule has 1 heterocycles. The first-order valence-electron chi connectivity index (χ1n) is 17.0. The zero-order chi connectivity index (χ0) is 32.5. The number of nitrogens with zero attached hydrogens (tertiary/aromatic N) is 1. The normalized spacial score (nSPS) is 11.8. The molecule has 1 heteroatoms. The van der Waals surface area contributed by atoms with Gasteiger partial charge in [-0.25, -0.2) is 4.98 Å². The van der Waals surface area contributed by atoms with Crippen molar-refractivity contribution in [2.75, 3.05) is 0 Å². The second-order valence-corrected chi connectivity index (χ2v) is 13.1. The van der Waals surface area contributed by atoms with Crippen molar-refractivity contribution in [2.45, 2.75) is 6.92 Å². The summed E-state index contributed by atoms with van der Waals surface area (Å²) in [6.07, 6.45) is 0. The van der Waals surface area contributed by atoms with E-state index in [4.69, 9.17) is 4.98 Å². The fourth-order valence-electron chi connectivity index (χ4n) is 8.14. The van der Waals surface area contributed by atoms with Crippen molar-refractivity contribution in [2.24, 2.45) is 0 Å². The molecular formula is C48H31N. The Morgan fingerprint density at radius 1 is 0.367 bits per heavy atom. The lowest BCUT2D eigenvalue weighted by Gasteiger charge is -2.20. The summed E-state index contributed by atoms with van der Waals surface area (Å²) in [6.45, 7) is 2.14. The third kappa shape index (κ3) is 4.22. The molecule has 0 fully saturated rings. The number of aryl methyl sites for hydroxylation is 1. The Labute approximate surface area is 285 Å². The van der Waals surface area contributed by atoms with E-state index < -0.39 is 0 Å². The Balaban J connectivity index is 1.34. The van der Waals surface area contributed by atoms with Crippen LogP contribution in [0.25, 0.3) is 99.3 Å². The average molecular weight is 622 g/mol. The zero-order valence-corrected chi connectivity index (χ0v) is 27.1. The van der Waals surface area contributed by atoms with Crippen LogP contribution in [0.15, 0.2) is 170 Å². The molecular weight excluding hydrogens is 591 g/mol. The molecule has 49 heavy (non-hydrogen) atoms. The second-order valence-electron chi connectivity index (χ2n) is 13.1. The molecule has 0 saturated carbocycles. The van der Waals surface area contributed by atoms with Crippen molar-refractivity contribution in [1.29, 1.82) is 0 Å². The minimum Gasteiger partial charge on any atom is -0.247 e. The molecule has 8 aromatic carbocycles. The molecule has 1 aliphatic carbocycles. The molecule has 0 saturated heterocycles. The lowest BCUT2D eigenvalue weighted by molar-refractivity contribution is 1.38. The summed E-state index contributed by atoms with van der Waals surface area (Å²) in [6, 6.07) is 61.9. The molecule has 0 spiro atoms. The van der Waals surface area contributed by atoms with Crippen LogP contribution in [0.5, 0.6) is 0 Å². The predicted molar refractivity (Wildman–Crippen MR) is 208 cm³/mol. The molecule has 228 valence electrons. The number of hydrogen-bond donors (Lipinski definition) is 0. The largest absolute Gasteiger partial charge is 0.247 e. The summed E-state index contributed by atoms with van der Waals surface area (Å²) in [4.78, 5) is 5.44. The summed E-state index contributed by atoms with van der Waals surface area (Å²) < 4.78 is 0. The van der Waals surface area contributed by atoms with Gasteiger partial charge in [-0.2, -0.15) is 0 Å². The van der Waals surface area contributed by atoms with E-state index in [9.17, 15) is 0 Å². The van der Waals surface area contributed by atoms with Gasteiger partial charge in [-0.1, -0.05) is 158 Å². The van der Waals surface area contributed by atoms with E-state index in [-0.39, 0.29) is 0 Å². The van der Waals surface area contributed by atoms with Crippen LogP contribution in [-0.2, 0) is 0 Å². The first-order chi connectivity index (χ1) is 24.2. The first kappa shape index (κ1) is 27.8. The molecule has 1 aromatic heterocycles. The minimum atomic E-state index is 1.01. The van der Waals surface area contributed by atoms with Gasteiger partial charge >= 0.3 is 0 Å². The van der Waals surface area contributed by atoms with Crippen molar-refractivity contribution < 1.29 is 0 Å². The summed E-state index contributed by atoms with van der Waals surface area (Å²) >= 11 is 0. The summed E-state index contributed by atoms with van der Waals surface area (Å²) in [7, 11) is 0. The molecule has 0 unspecified atom stereocenters. The van der Waals surface area contributed by atoms with Gasteiger partial charge in [0, 0.05) is 16.5 Å². The van der Waals surface area contributed by atoms with Crippen molar-refractivity contribution in [3.05, 3.63) is 175 Å².